The molecule has 0 unspecified atom stereocenters. The third-order valence-corrected chi connectivity index (χ3v) is 8.80. The number of fused-ring (bicyclic) bond motifs is 1. The lowest BCUT2D eigenvalue weighted by atomic mass is 10.1. The Hall–Kier alpha value is -4.15. The highest BCUT2D eigenvalue weighted by Gasteiger charge is 2.30. The van der Waals surface area contributed by atoms with E-state index >= 15 is 0 Å². The topological polar surface area (TPSA) is 96.1 Å². The maximum absolute atomic E-state index is 13.6. The summed E-state index contributed by atoms with van der Waals surface area (Å²) < 4.78 is 12.8. The van der Waals surface area contributed by atoms with Gasteiger partial charge in [0.05, 0.1) is 24.7 Å². The van der Waals surface area contributed by atoms with Crippen LogP contribution in [0.25, 0.3) is 10.8 Å². The molecule has 0 atom stereocenters. The molecule has 0 spiro atoms. The number of pyridine rings is 1. The van der Waals surface area contributed by atoms with Crippen molar-refractivity contribution in [3.63, 3.8) is 0 Å². The third-order valence-electron chi connectivity index (χ3n) is 8.80. The first kappa shape index (κ1) is 27.7. The molecule has 2 aromatic heterocycles. The Morgan fingerprint density at radius 2 is 1.79 bits per heavy atom. The number of nitrogens with zero attached hydrogens (tertiary/aromatic N) is 5. The summed E-state index contributed by atoms with van der Waals surface area (Å²) in [7, 11) is 0. The van der Waals surface area contributed by atoms with Crippen molar-refractivity contribution in [2.45, 2.75) is 38.6 Å². The van der Waals surface area contributed by atoms with Crippen molar-refractivity contribution < 1.29 is 13.9 Å². The van der Waals surface area contributed by atoms with Gasteiger partial charge < -0.3 is 28.8 Å². The van der Waals surface area contributed by atoms with Gasteiger partial charge in [-0.05, 0) is 61.4 Å². The Balaban J connectivity index is 1.16. The fraction of sp³-hybridized carbons (Fsp3) is 0.424. The van der Waals surface area contributed by atoms with Gasteiger partial charge in [-0.1, -0.05) is 18.2 Å². The number of oxazole rings is 1. The molecule has 7 rings (SSSR count). The number of aromatic nitrogens is 2. The van der Waals surface area contributed by atoms with E-state index < -0.39 is 0 Å². The molecule has 10 heteroatoms. The predicted octanol–water partition coefficient (Wildman–Crippen LogP) is 4.43. The van der Waals surface area contributed by atoms with Crippen molar-refractivity contribution in [2.24, 2.45) is 0 Å². The van der Waals surface area contributed by atoms with Crippen LogP contribution in [-0.4, -0.2) is 73.0 Å². The van der Waals surface area contributed by atoms with Gasteiger partial charge in [0.1, 0.15) is 6.26 Å². The number of carbonyl (C=O) groups is 1. The molecule has 0 bridgehead atoms. The van der Waals surface area contributed by atoms with Gasteiger partial charge in [-0.15, -0.1) is 0 Å². The van der Waals surface area contributed by atoms with Crippen LogP contribution in [0.1, 0.15) is 47.1 Å². The average Bonchev–Trinajstić information content (AvgIpc) is 3.51. The maximum atomic E-state index is 13.6. The van der Waals surface area contributed by atoms with E-state index in [2.05, 4.69) is 56.2 Å². The highest BCUT2D eigenvalue weighted by molar-refractivity contribution is 6.06. The van der Waals surface area contributed by atoms with Crippen LogP contribution in [0.2, 0.25) is 0 Å². The average molecular weight is 583 g/mol. The molecule has 43 heavy (non-hydrogen) atoms. The van der Waals surface area contributed by atoms with Crippen LogP contribution in [0.15, 0.2) is 64.1 Å². The summed E-state index contributed by atoms with van der Waals surface area (Å²) in [6.07, 6.45) is 6.27. The fourth-order valence-electron chi connectivity index (χ4n) is 6.15. The van der Waals surface area contributed by atoms with Gasteiger partial charge in [0, 0.05) is 69.0 Å². The maximum Gasteiger partial charge on any atom is 0.277 e. The van der Waals surface area contributed by atoms with Crippen molar-refractivity contribution in [1.29, 1.82) is 0 Å². The first-order chi connectivity index (χ1) is 21.0. The van der Waals surface area contributed by atoms with Crippen LogP contribution in [0.5, 0.6) is 0 Å². The summed E-state index contributed by atoms with van der Waals surface area (Å²) in [4.78, 5) is 38.4. The predicted molar refractivity (Wildman–Crippen MR) is 167 cm³/mol. The first-order valence-electron chi connectivity index (χ1n) is 15.3. The fourth-order valence-corrected chi connectivity index (χ4v) is 6.15. The minimum absolute atomic E-state index is 0.0564. The van der Waals surface area contributed by atoms with E-state index in [1.54, 1.807) is 4.57 Å². The molecule has 224 valence electrons. The number of piperazine rings is 1. The van der Waals surface area contributed by atoms with E-state index in [4.69, 9.17) is 9.15 Å². The second-order valence-corrected chi connectivity index (χ2v) is 11.8. The van der Waals surface area contributed by atoms with Crippen molar-refractivity contribution in [3.8, 4) is 0 Å². The van der Waals surface area contributed by atoms with Crippen molar-refractivity contribution in [3.05, 3.63) is 82.4 Å². The molecule has 1 aliphatic carbocycles. The van der Waals surface area contributed by atoms with E-state index in [0.717, 1.165) is 76.2 Å². The number of hydrogen-bond donors (Lipinski definition) is 1. The summed E-state index contributed by atoms with van der Waals surface area (Å²) in [5.74, 6) is 0.609. The molecule has 1 N–H and O–H groups in total. The van der Waals surface area contributed by atoms with E-state index in [9.17, 15) is 9.59 Å². The molecule has 2 saturated heterocycles. The van der Waals surface area contributed by atoms with Crippen LogP contribution in [0.3, 0.4) is 0 Å². The number of aryl methyl sites for hydroxylation is 2. The number of nitrogens with one attached hydrogen (secondary N) is 1. The zero-order chi connectivity index (χ0) is 29.3. The van der Waals surface area contributed by atoms with Gasteiger partial charge in [-0.2, -0.15) is 0 Å². The number of carbonyl (C=O) groups excluding carboxylic acids is 1. The highest BCUT2D eigenvalue weighted by atomic mass is 16.5. The van der Waals surface area contributed by atoms with Crippen molar-refractivity contribution in [1.82, 2.24) is 14.5 Å². The summed E-state index contributed by atoms with van der Waals surface area (Å²) in [6.45, 7) is 9.30. The zero-order valence-electron chi connectivity index (χ0n) is 24.6. The van der Waals surface area contributed by atoms with Gasteiger partial charge in [0.2, 0.25) is 0 Å². The Kier molecular flexibility index (Phi) is 7.63. The molecular formula is C33H38N6O4. The first-order valence-corrected chi connectivity index (χ1v) is 15.3. The molecule has 10 nitrogen and oxygen atoms in total. The van der Waals surface area contributed by atoms with Crippen molar-refractivity contribution >= 4 is 33.7 Å². The highest BCUT2D eigenvalue weighted by Crippen LogP contribution is 2.39. The van der Waals surface area contributed by atoms with Gasteiger partial charge in [0.25, 0.3) is 11.5 Å². The van der Waals surface area contributed by atoms with E-state index in [1.165, 1.54) is 17.5 Å². The molecular weight excluding hydrogens is 544 g/mol. The molecule has 2 aliphatic heterocycles. The van der Waals surface area contributed by atoms with E-state index in [1.807, 2.05) is 24.4 Å². The Morgan fingerprint density at radius 1 is 1.00 bits per heavy atom. The minimum atomic E-state index is -0.334. The lowest BCUT2D eigenvalue weighted by molar-refractivity contribution is 0.102. The smallest absolute Gasteiger partial charge is 0.277 e. The quantitative estimate of drug-likeness (QED) is 0.310. The molecule has 3 fully saturated rings. The number of rotatable bonds is 9. The molecule has 4 aromatic rings. The van der Waals surface area contributed by atoms with Crippen LogP contribution < -0.4 is 20.7 Å². The number of anilines is 3. The second-order valence-electron chi connectivity index (χ2n) is 11.8. The van der Waals surface area contributed by atoms with Crippen molar-refractivity contribution in [2.75, 3.05) is 67.7 Å². The molecule has 1 amide bonds. The monoisotopic (exact) mass is 582 g/mol. The lowest BCUT2D eigenvalue weighted by Crippen LogP contribution is -2.47. The van der Waals surface area contributed by atoms with Crippen LogP contribution in [0.4, 0.5) is 17.1 Å². The molecule has 1 saturated carbocycles. The van der Waals surface area contributed by atoms with E-state index in [-0.39, 0.29) is 17.2 Å². The number of ether oxygens (including phenoxy) is 1. The second kappa shape index (κ2) is 11.9. The summed E-state index contributed by atoms with van der Waals surface area (Å²) in [5, 5.41) is 4.53. The molecule has 0 radical (unpaired) electrons. The molecule has 2 aromatic carbocycles. The number of para-hydroxylation sites is 1. The van der Waals surface area contributed by atoms with Gasteiger partial charge in [-0.25, -0.2) is 4.98 Å². The molecule has 4 heterocycles. The van der Waals surface area contributed by atoms with Crippen LogP contribution in [0, 0.1) is 6.92 Å². The standard InChI is InChI=1S/C33H38N6O4/c1-23-5-2-3-6-29(23)37-13-15-38(16-14-37)30-19-25-9-12-39(11-4-10-36-17-18-42-22-36)33(41)26(25)20-27(30)34-31(40)28-21-43-32(35-28)24-7-8-24/h2-3,5-6,9,12,19-21,24H,4,7-8,10-11,13-18,22H2,1H3,(H,34,40). The third kappa shape index (κ3) is 5.89. The van der Waals surface area contributed by atoms with Crippen LogP contribution in [-0.2, 0) is 11.3 Å². The lowest BCUT2D eigenvalue weighted by Gasteiger charge is -2.38. The number of amides is 1. The molecule has 3 aliphatic rings. The number of hydrogen-bond acceptors (Lipinski definition) is 8. The van der Waals surface area contributed by atoms with Crippen LogP contribution >= 0.6 is 0 Å². The Bertz CT molecular complexity index is 1680. The van der Waals surface area contributed by atoms with Gasteiger partial charge in [-0.3, -0.25) is 14.5 Å². The zero-order valence-corrected chi connectivity index (χ0v) is 24.6. The number of benzene rings is 2. The summed E-state index contributed by atoms with van der Waals surface area (Å²) >= 11 is 0. The normalized spacial score (nSPS) is 17.6. The summed E-state index contributed by atoms with van der Waals surface area (Å²) in [6, 6.07) is 14.4. The van der Waals surface area contributed by atoms with Gasteiger partial charge >= 0.3 is 0 Å². The Labute approximate surface area is 250 Å². The SMILES string of the molecule is Cc1ccccc1N1CCN(c2cc3ccn(CCCN4CCOC4)c(=O)c3cc2NC(=O)c2coc(C3CC3)n2)CC1. The minimum Gasteiger partial charge on any atom is -0.448 e. The van der Waals surface area contributed by atoms with E-state index in [0.29, 0.717) is 36.2 Å². The van der Waals surface area contributed by atoms with Gasteiger partial charge in [0.15, 0.2) is 11.6 Å². The largest absolute Gasteiger partial charge is 0.448 e. The Morgan fingerprint density at radius 3 is 2.53 bits per heavy atom. The summed E-state index contributed by atoms with van der Waals surface area (Å²) in [5.41, 5.74) is 4.24.